The molecule has 3 N–H and O–H groups in total. The fourth-order valence-corrected chi connectivity index (χ4v) is 2.36. The molecule has 0 spiro atoms. The first-order chi connectivity index (χ1) is 8.25. The Morgan fingerprint density at radius 1 is 1.24 bits per heavy atom. The second-order valence-electron chi connectivity index (χ2n) is 4.90. The van der Waals surface area contributed by atoms with Gasteiger partial charge < -0.3 is 16.0 Å². The summed E-state index contributed by atoms with van der Waals surface area (Å²) in [6.45, 7) is 6.77. The van der Waals surface area contributed by atoms with Gasteiger partial charge >= 0.3 is 0 Å². The number of nitrogens with one attached hydrogen (secondary N) is 1. The summed E-state index contributed by atoms with van der Waals surface area (Å²) in [5, 5.41) is 3.48. The average Bonchev–Trinajstić information content (AvgIpc) is 2.35. The monoisotopic (exact) mass is 233 g/mol. The summed E-state index contributed by atoms with van der Waals surface area (Å²) in [5.41, 5.74) is 9.05. The lowest BCUT2D eigenvalue weighted by molar-refractivity contribution is 0.237. The van der Waals surface area contributed by atoms with E-state index in [1.165, 1.54) is 43.6 Å². The van der Waals surface area contributed by atoms with E-state index >= 15 is 0 Å². The van der Waals surface area contributed by atoms with Crippen molar-refractivity contribution in [2.75, 3.05) is 37.2 Å². The highest BCUT2D eigenvalue weighted by atomic mass is 15.1. The molecule has 2 rings (SSSR count). The Kier molecular flexibility index (Phi) is 4.26. The number of benzene rings is 1. The van der Waals surface area contributed by atoms with E-state index in [1.54, 1.807) is 0 Å². The van der Waals surface area contributed by atoms with Crippen LogP contribution in [0.25, 0.3) is 0 Å². The molecule has 1 saturated heterocycles. The molecular formula is C14H23N3. The molecule has 17 heavy (non-hydrogen) atoms. The van der Waals surface area contributed by atoms with Crippen molar-refractivity contribution in [2.45, 2.75) is 26.2 Å². The van der Waals surface area contributed by atoms with Gasteiger partial charge in [0.15, 0.2) is 0 Å². The number of anilines is 2. The summed E-state index contributed by atoms with van der Waals surface area (Å²) >= 11 is 0. The molecule has 0 atom stereocenters. The fourth-order valence-electron chi connectivity index (χ4n) is 2.36. The topological polar surface area (TPSA) is 41.3 Å². The van der Waals surface area contributed by atoms with Crippen molar-refractivity contribution >= 4 is 11.4 Å². The molecule has 94 valence electrons. The van der Waals surface area contributed by atoms with E-state index in [0.717, 1.165) is 18.8 Å². The zero-order valence-electron chi connectivity index (χ0n) is 10.7. The Balaban J connectivity index is 1.79. The Morgan fingerprint density at radius 2 is 2.00 bits per heavy atom. The third-order valence-electron chi connectivity index (χ3n) is 3.45. The molecular weight excluding hydrogens is 210 g/mol. The van der Waals surface area contributed by atoms with Crippen molar-refractivity contribution in [1.29, 1.82) is 0 Å². The van der Waals surface area contributed by atoms with Gasteiger partial charge in [-0.15, -0.1) is 0 Å². The number of nitrogens with zero attached hydrogens (tertiary/aromatic N) is 1. The SMILES string of the molecule is Cc1ccc(N)cc1NCCN1CCCCC1. The minimum Gasteiger partial charge on any atom is -0.399 e. The zero-order chi connectivity index (χ0) is 12.1. The van der Waals surface area contributed by atoms with Gasteiger partial charge in [-0.2, -0.15) is 0 Å². The van der Waals surface area contributed by atoms with Gasteiger partial charge in [0.25, 0.3) is 0 Å². The average molecular weight is 233 g/mol. The van der Waals surface area contributed by atoms with E-state index in [9.17, 15) is 0 Å². The van der Waals surface area contributed by atoms with E-state index in [0.29, 0.717) is 0 Å². The van der Waals surface area contributed by atoms with Crippen LogP contribution in [0.1, 0.15) is 24.8 Å². The van der Waals surface area contributed by atoms with Gasteiger partial charge in [-0.25, -0.2) is 0 Å². The van der Waals surface area contributed by atoms with Gasteiger partial charge in [0, 0.05) is 24.5 Å². The first-order valence-corrected chi connectivity index (χ1v) is 6.58. The molecule has 1 aliphatic heterocycles. The summed E-state index contributed by atoms with van der Waals surface area (Å²) in [5.74, 6) is 0. The largest absolute Gasteiger partial charge is 0.399 e. The van der Waals surface area contributed by atoms with Crippen LogP contribution in [0.3, 0.4) is 0 Å². The Hall–Kier alpha value is -1.22. The molecule has 0 aliphatic carbocycles. The number of nitrogens with two attached hydrogens (primary N) is 1. The summed E-state index contributed by atoms with van der Waals surface area (Å²) in [4.78, 5) is 2.54. The Bertz CT molecular complexity index is 356. The fraction of sp³-hybridized carbons (Fsp3) is 0.571. The van der Waals surface area contributed by atoms with Gasteiger partial charge in [-0.3, -0.25) is 0 Å². The quantitative estimate of drug-likeness (QED) is 0.785. The van der Waals surface area contributed by atoms with Gasteiger partial charge in [0.05, 0.1) is 0 Å². The lowest BCUT2D eigenvalue weighted by Crippen LogP contribution is -2.33. The van der Waals surface area contributed by atoms with Crippen LogP contribution in [-0.2, 0) is 0 Å². The van der Waals surface area contributed by atoms with Crippen molar-refractivity contribution < 1.29 is 0 Å². The summed E-state index contributed by atoms with van der Waals surface area (Å²) in [6.07, 6.45) is 4.12. The number of aryl methyl sites for hydroxylation is 1. The molecule has 0 saturated carbocycles. The van der Waals surface area contributed by atoms with Crippen molar-refractivity contribution in [3.63, 3.8) is 0 Å². The van der Waals surface area contributed by atoms with Crippen LogP contribution < -0.4 is 11.1 Å². The minimum atomic E-state index is 0.830. The number of hydrogen-bond acceptors (Lipinski definition) is 3. The molecule has 1 heterocycles. The smallest absolute Gasteiger partial charge is 0.0390 e. The maximum Gasteiger partial charge on any atom is 0.0390 e. The van der Waals surface area contributed by atoms with Crippen LogP contribution in [-0.4, -0.2) is 31.1 Å². The van der Waals surface area contributed by atoms with Crippen LogP contribution in [0.4, 0.5) is 11.4 Å². The van der Waals surface area contributed by atoms with Gasteiger partial charge in [-0.1, -0.05) is 12.5 Å². The van der Waals surface area contributed by atoms with Crippen molar-refractivity contribution in [1.82, 2.24) is 4.90 Å². The Labute approximate surface area is 104 Å². The molecule has 0 amide bonds. The molecule has 0 aromatic heterocycles. The van der Waals surface area contributed by atoms with E-state index in [2.05, 4.69) is 23.2 Å². The molecule has 0 bridgehead atoms. The highest BCUT2D eigenvalue weighted by Gasteiger charge is 2.09. The standard InChI is InChI=1S/C14H23N3/c1-12-5-6-13(15)11-14(12)16-7-10-17-8-3-2-4-9-17/h5-6,11,16H,2-4,7-10,15H2,1H3. The number of hydrogen-bond donors (Lipinski definition) is 2. The third kappa shape index (κ3) is 3.63. The maximum absolute atomic E-state index is 5.79. The van der Waals surface area contributed by atoms with Crippen LogP contribution in [0.2, 0.25) is 0 Å². The van der Waals surface area contributed by atoms with Gasteiger partial charge in [0.2, 0.25) is 0 Å². The van der Waals surface area contributed by atoms with Crippen molar-refractivity contribution in [2.24, 2.45) is 0 Å². The van der Waals surface area contributed by atoms with Gasteiger partial charge in [0.1, 0.15) is 0 Å². The van der Waals surface area contributed by atoms with Gasteiger partial charge in [-0.05, 0) is 50.6 Å². The minimum absolute atomic E-state index is 0.830. The molecule has 3 heteroatoms. The highest BCUT2D eigenvalue weighted by molar-refractivity contribution is 5.59. The van der Waals surface area contributed by atoms with E-state index in [-0.39, 0.29) is 0 Å². The molecule has 1 aliphatic rings. The Morgan fingerprint density at radius 3 is 2.76 bits per heavy atom. The number of nitrogen functional groups attached to an aromatic ring is 1. The van der Waals surface area contributed by atoms with E-state index < -0.39 is 0 Å². The third-order valence-corrected chi connectivity index (χ3v) is 3.45. The predicted molar refractivity (Wildman–Crippen MR) is 74.4 cm³/mol. The molecule has 0 radical (unpaired) electrons. The first kappa shape index (κ1) is 12.2. The lowest BCUT2D eigenvalue weighted by Gasteiger charge is -2.26. The predicted octanol–water partition coefficient (Wildman–Crippen LogP) is 2.48. The second-order valence-corrected chi connectivity index (χ2v) is 4.90. The molecule has 1 fully saturated rings. The number of likely N-dealkylation sites (tertiary alicyclic amines) is 1. The first-order valence-electron chi connectivity index (χ1n) is 6.58. The highest BCUT2D eigenvalue weighted by Crippen LogP contribution is 2.17. The van der Waals surface area contributed by atoms with Crippen LogP contribution in [0.15, 0.2) is 18.2 Å². The lowest BCUT2D eigenvalue weighted by atomic mass is 10.1. The second kappa shape index (κ2) is 5.92. The molecule has 3 nitrogen and oxygen atoms in total. The summed E-state index contributed by atoms with van der Waals surface area (Å²) < 4.78 is 0. The number of piperidine rings is 1. The van der Waals surface area contributed by atoms with Crippen LogP contribution >= 0.6 is 0 Å². The van der Waals surface area contributed by atoms with Crippen molar-refractivity contribution in [3.05, 3.63) is 23.8 Å². The number of rotatable bonds is 4. The summed E-state index contributed by atoms with van der Waals surface area (Å²) in [7, 11) is 0. The molecule has 1 aromatic carbocycles. The van der Waals surface area contributed by atoms with E-state index in [4.69, 9.17) is 5.73 Å². The molecule has 1 aromatic rings. The maximum atomic E-state index is 5.79. The molecule has 0 unspecified atom stereocenters. The van der Waals surface area contributed by atoms with Crippen LogP contribution in [0.5, 0.6) is 0 Å². The zero-order valence-corrected chi connectivity index (χ0v) is 10.7. The van der Waals surface area contributed by atoms with Crippen molar-refractivity contribution in [3.8, 4) is 0 Å². The van der Waals surface area contributed by atoms with Crippen LogP contribution in [0, 0.1) is 6.92 Å². The van der Waals surface area contributed by atoms with E-state index in [1.807, 2.05) is 12.1 Å². The summed E-state index contributed by atoms with van der Waals surface area (Å²) in [6, 6.07) is 6.04. The normalized spacial score (nSPS) is 17.0.